The fourth-order valence-electron chi connectivity index (χ4n) is 1.25. The van der Waals surface area contributed by atoms with Crippen LogP contribution in [0.4, 0.5) is 0 Å². The van der Waals surface area contributed by atoms with Gasteiger partial charge in [0.1, 0.15) is 0 Å². The van der Waals surface area contributed by atoms with Crippen molar-refractivity contribution in [1.29, 1.82) is 0 Å². The van der Waals surface area contributed by atoms with Crippen molar-refractivity contribution < 1.29 is 0 Å². The largest absolute Gasteiger partial charge is 0.343 e. The monoisotopic (exact) mass is 313 g/mol. The van der Waals surface area contributed by atoms with Crippen LogP contribution in [0.2, 0.25) is 0 Å². The Kier molecular flexibility index (Phi) is 4.01. The Morgan fingerprint density at radius 1 is 1.17 bits per heavy atom. The zero-order valence-corrected chi connectivity index (χ0v) is 11.8. The first-order chi connectivity index (χ1) is 5.54. The lowest BCUT2D eigenvalue weighted by atomic mass is 10.7. The first-order valence-electron chi connectivity index (χ1n) is 3.76. The van der Waals surface area contributed by atoms with Crippen LogP contribution in [0.15, 0.2) is 12.1 Å². The Morgan fingerprint density at radius 2 is 1.67 bits per heavy atom. The molecule has 68 valence electrons. The minimum absolute atomic E-state index is 0.0230. The van der Waals surface area contributed by atoms with Crippen LogP contribution in [0.5, 0.6) is 0 Å². The molecule has 0 spiro atoms. The van der Waals surface area contributed by atoms with E-state index in [1.165, 1.54) is 10.9 Å². The third-order valence-electron chi connectivity index (χ3n) is 1.84. The SMILES string of the molecule is Cn1c(P(C)C)ccc1P(C)I. The molecular formula is C8H14INP2. The van der Waals surface area contributed by atoms with Crippen molar-refractivity contribution in [2.75, 3.05) is 20.0 Å². The zero-order chi connectivity index (χ0) is 9.30. The molecule has 0 radical (unpaired) electrons. The highest BCUT2D eigenvalue weighted by molar-refractivity contribution is 14.2. The summed E-state index contributed by atoms with van der Waals surface area (Å²) in [6, 6.07) is 4.55. The fourth-order valence-corrected chi connectivity index (χ4v) is 4.66. The van der Waals surface area contributed by atoms with Crippen molar-refractivity contribution in [2.24, 2.45) is 7.05 Å². The van der Waals surface area contributed by atoms with E-state index in [0.717, 1.165) is 0 Å². The second-order valence-electron chi connectivity index (χ2n) is 2.98. The fraction of sp³-hybridized carbons (Fsp3) is 0.500. The Balaban J connectivity index is 3.04. The summed E-state index contributed by atoms with van der Waals surface area (Å²) in [4.78, 5) is 0. The molecule has 0 aromatic carbocycles. The molecule has 1 rings (SSSR count). The molecule has 1 heterocycles. The number of hydrogen-bond acceptors (Lipinski definition) is 0. The van der Waals surface area contributed by atoms with Gasteiger partial charge >= 0.3 is 0 Å². The van der Waals surface area contributed by atoms with Gasteiger partial charge in [0.15, 0.2) is 0 Å². The van der Waals surface area contributed by atoms with E-state index in [9.17, 15) is 0 Å². The van der Waals surface area contributed by atoms with E-state index >= 15 is 0 Å². The number of halogens is 1. The maximum Gasteiger partial charge on any atom is 0.0513 e. The summed E-state index contributed by atoms with van der Waals surface area (Å²) in [7, 11) is 2.23. The highest BCUT2D eigenvalue weighted by Crippen LogP contribution is 2.39. The summed E-state index contributed by atoms with van der Waals surface area (Å²) in [6.07, 6.45) is 0. The molecule has 0 amide bonds. The van der Waals surface area contributed by atoms with Crippen molar-refractivity contribution in [3.05, 3.63) is 12.1 Å². The quantitative estimate of drug-likeness (QED) is 0.584. The van der Waals surface area contributed by atoms with Crippen molar-refractivity contribution in [3.63, 3.8) is 0 Å². The summed E-state index contributed by atoms with van der Waals surface area (Å²) in [6.45, 7) is 6.90. The molecule has 12 heavy (non-hydrogen) atoms. The van der Waals surface area contributed by atoms with E-state index in [-0.39, 0.29) is 13.5 Å². The smallest absolute Gasteiger partial charge is 0.0513 e. The maximum absolute atomic E-state index is 2.52. The number of nitrogens with zero attached hydrogens (tertiary/aromatic N) is 1. The summed E-state index contributed by atoms with van der Waals surface area (Å²) in [5.74, 6) is 0. The van der Waals surface area contributed by atoms with E-state index < -0.39 is 0 Å². The Labute approximate surface area is 89.9 Å². The Morgan fingerprint density at radius 3 is 1.92 bits per heavy atom. The van der Waals surface area contributed by atoms with Crippen molar-refractivity contribution in [3.8, 4) is 0 Å². The lowest BCUT2D eigenvalue weighted by Crippen LogP contribution is -2.19. The molecule has 1 aromatic rings. The standard InChI is InChI=1S/C8H14INP2/c1-10-7(11(2)3)5-6-8(10)12(4)9/h5-6H,1-4H3. The minimum Gasteiger partial charge on any atom is -0.343 e. The summed E-state index contributed by atoms with van der Waals surface area (Å²) in [5, 5.41) is 0. The maximum atomic E-state index is 2.52. The normalized spacial score (nSPS) is 13.8. The topological polar surface area (TPSA) is 4.93 Å². The third kappa shape index (κ3) is 2.21. The van der Waals surface area contributed by atoms with Gasteiger partial charge in [-0.15, -0.1) is 0 Å². The van der Waals surface area contributed by atoms with Crippen LogP contribution in [0.1, 0.15) is 0 Å². The zero-order valence-electron chi connectivity index (χ0n) is 7.87. The molecule has 0 aliphatic rings. The molecule has 0 saturated carbocycles. The van der Waals surface area contributed by atoms with Crippen molar-refractivity contribution >= 4 is 46.4 Å². The summed E-state index contributed by atoms with van der Waals surface area (Å²) in [5.41, 5.74) is 3.03. The van der Waals surface area contributed by atoms with E-state index in [4.69, 9.17) is 0 Å². The predicted molar refractivity (Wildman–Crippen MR) is 70.3 cm³/mol. The van der Waals surface area contributed by atoms with Crippen LogP contribution in [0.3, 0.4) is 0 Å². The minimum atomic E-state index is 0.0230. The highest BCUT2D eigenvalue weighted by atomic mass is 127. The molecule has 1 unspecified atom stereocenters. The summed E-state index contributed by atoms with van der Waals surface area (Å²) < 4.78 is 2.36. The first kappa shape index (κ1) is 10.9. The molecule has 0 fully saturated rings. The first-order valence-corrected chi connectivity index (χ1v) is 10.6. The highest BCUT2D eigenvalue weighted by Gasteiger charge is 2.10. The van der Waals surface area contributed by atoms with Gasteiger partial charge in [-0.1, -0.05) is 7.92 Å². The number of hydrogen-bond donors (Lipinski definition) is 0. The van der Waals surface area contributed by atoms with Gasteiger partial charge in [0.25, 0.3) is 0 Å². The predicted octanol–water partition coefficient (Wildman–Crippen LogP) is 2.48. The second-order valence-corrected chi connectivity index (χ2v) is 11.0. The van der Waals surface area contributed by atoms with E-state index in [0.29, 0.717) is 0 Å². The average Bonchev–Trinajstić information content (AvgIpc) is 2.30. The third-order valence-corrected chi connectivity index (χ3v) is 5.77. The number of aromatic nitrogens is 1. The lowest BCUT2D eigenvalue weighted by Gasteiger charge is -2.11. The number of rotatable bonds is 2. The molecule has 1 nitrogen and oxygen atoms in total. The van der Waals surface area contributed by atoms with Crippen molar-refractivity contribution in [2.45, 2.75) is 0 Å². The molecule has 0 saturated heterocycles. The van der Waals surface area contributed by atoms with Crippen LogP contribution in [-0.2, 0) is 7.05 Å². The van der Waals surface area contributed by atoms with Gasteiger partial charge in [0.2, 0.25) is 0 Å². The van der Waals surface area contributed by atoms with Crippen LogP contribution < -0.4 is 10.9 Å². The van der Waals surface area contributed by atoms with Gasteiger partial charge < -0.3 is 4.57 Å². The second kappa shape index (κ2) is 4.39. The van der Waals surface area contributed by atoms with E-state index in [1.807, 2.05) is 0 Å². The molecular weight excluding hydrogens is 299 g/mol. The molecule has 0 aliphatic heterocycles. The van der Waals surface area contributed by atoms with Crippen molar-refractivity contribution in [1.82, 2.24) is 4.57 Å². The van der Waals surface area contributed by atoms with Crippen LogP contribution in [0.25, 0.3) is 0 Å². The Bertz CT molecular complexity index is 243. The van der Waals surface area contributed by atoms with E-state index in [2.05, 4.69) is 65.8 Å². The molecule has 1 aromatic heterocycles. The van der Waals surface area contributed by atoms with Gasteiger partial charge in [-0.05, 0) is 54.2 Å². The van der Waals surface area contributed by atoms with Gasteiger partial charge in [-0.2, -0.15) is 0 Å². The lowest BCUT2D eigenvalue weighted by molar-refractivity contribution is 0.993. The van der Waals surface area contributed by atoms with Crippen LogP contribution in [0, 0.1) is 0 Å². The molecule has 4 heteroatoms. The van der Waals surface area contributed by atoms with Gasteiger partial charge in [-0.3, -0.25) is 0 Å². The molecule has 0 bridgehead atoms. The van der Waals surface area contributed by atoms with Gasteiger partial charge in [0, 0.05) is 18.0 Å². The molecule has 1 atom stereocenters. The van der Waals surface area contributed by atoms with Gasteiger partial charge in [0.05, 0.1) is 5.44 Å². The Hall–Kier alpha value is 0.870. The summed E-state index contributed by atoms with van der Waals surface area (Å²) >= 11 is 2.52. The average molecular weight is 313 g/mol. The molecule has 0 aliphatic carbocycles. The van der Waals surface area contributed by atoms with Crippen LogP contribution in [-0.4, -0.2) is 24.6 Å². The van der Waals surface area contributed by atoms with E-state index in [1.54, 1.807) is 0 Å². The van der Waals surface area contributed by atoms with Crippen LogP contribution >= 0.6 is 35.5 Å². The van der Waals surface area contributed by atoms with Gasteiger partial charge in [-0.25, -0.2) is 0 Å². The molecule has 0 N–H and O–H groups in total.